The number of rotatable bonds is 4. The number of nitrogens with one attached hydrogen (secondary N) is 4. The number of aryl methyl sites for hydroxylation is 2. The van der Waals surface area contributed by atoms with Crippen LogP contribution in [0.15, 0.2) is 88.9 Å². The van der Waals surface area contributed by atoms with E-state index in [9.17, 15) is 4.79 Å². The van der Waals surface area contributed by atoms with E-state index in [1.54, 1.807) is 0 Å². The Bertz CT molecular complexity index is 1480. The monoisotopic (exact) mass is 600 g/mol. The Morgan fingerprint density at radius 1 is 1.00 bits per heavy atom. The van der Waals surface area contributed by atoms with Gasteiger partial charge in [0.1, 0.15) is 12.0 Å². The lowest BCUT2D eigenvalue weighted by Gasteiger charge is -2.33. The maximum absolute atomic E-state index is 13.4. The van der Waals surface area contributed by atoms with Crippen LogP contribution in [0.5, 0.6) is 0 Å². The third-order valence-corrected chi connectivity index (χ3v) is 8.35. The van der Waals surface area contributed by atoms with E-state index in [-0.39, 0.29) is 18.0 Å². The molecule has 1 atom stereocenters. The summed E-state index contributed by atoms with van der Waals surface area (Å²) in [5.74, 6) is 0.566. The molecule has 0 aliphatic carbocycles. The van der Waals surface area contributed by atoms with Crippen molar-refractivity contribution in [3.8, 4) is 0 Å². The number of carbonyl (C=O) groups excluding carboxylic acids is 1. The highest BCUT2D eigenvalue weighted by Crippen LogP contribution is 2.27. The average Bonchev–Trinajstić information content (AvgIpc) is 3.01. The summed E-state index contributed by atoms with van der Waals surface area (Å²) in [6.45, 7) is 5.36. The molecule has 3 aromatic rings. The van der Waals surface area contributed by atoms with E-state index in [0.717, 1.165) is 67.1 Å². The van der Waals surface area contributed by atoms with Gasteiger partial charge in [-0.05, 0) is 105 Å². The first-order valence-electron chi connectivity index (χ1n) is 14.4. The van der Waals surface area contributed by atoms with Gasteiger partial charge in [-0.2, -0.15) is 0 Å². The van der Waals surface area contributed by atoms with Gasteiger partial charge in [0, 0.05) is 41.8 Å². The average molecular weight is 601 g/mol. The maximum Gasteiger partial charge on any atom is 0.227 e. The molecular weight excluding hydrogens is 564 g/mol. The van der Waals surface area contributed by atoms with Crippen LogP contribution in [-0.2, 0) is 17.6 Å². The van der Waals surface area contributed by atoms with Gasteiger partial charge in [0.15, 0.2) is 5.11 Å². The number of hydrogen-bond acceptors (Lipinski definition) is 5. The Morgan fingerprint density at radius 3 is 2.55 bits per heavy atom. The van der Waals surface area contributed by atoms with Gasteiger partial charge in [0.05, 0.1) is 5.03 Å². The van der Waals surface area contributed by atoms with Gasteiger partial charge in [-0.15, -0.1) is 0 Å². The Labute approximate surface area is 258 Å². The van der Waals surface area contributed by atoms with Gasteiger partial charge >= 0.3 is 0 Å². The third-order valence-electron chi connectivity index (χ3n) is 7.59. The number of piperidine rings is 1. The molecule has 2 aliphatic heterocycles. The fourth-order valence-corrected chi connectivity index (χ4v) is 5.69. The second kappa shape index (κ2) is 13.9. The minimum absolute atomic E-state index is 0.0516. The summed E-state index contributed by atoms with van der Waals surface area (Å²) >= 11 is 12.2. The van der Waals surface area contributed by atoms with Crippen LogP contribution in [0.25, 0.3) is 0 Å². The standard InChI is InChI=1S/C33H37ClN6OS/c1-3-29(34)31-36-22(2)35-27-11-7-8-23(20-27)12-13-25-21-28(37-31)14-15-30(25)39-32(41)24-16-18-40(19-17-24)33(42)38-26-9-5-4-6-10-26/h3-11,14-15,20-22,24,35H,12-13,16-19H2,1-2H3,(H,36,37)(H,38,42)(H,39,41)/b29-3+. The van der Waals surface area contributed by atoms with Crippen molar-refractivity contribution < 1.29 is 4.79 Å². The van der Waals surface area contributed by atoms with Gasteiger partial charge in [-0.25, -0.2) is 4.99 Å². The zero-order valence-corrected chi connectivity index (χ0v) is 25.6. The number of likely N-dealkylation sites (tertiary alicyclic amines) is 1. The molecule has 5 rings (SSSR count). The van der Waals surface area contributed by atoms with Crippen molar-refractivity contribution in [3.63, 3.8) is 0 Å². The van der Waals surface area contributed by atoms with E-state index in [2.05, 4.69) is 50.4 Å². The summed E-state index contributed by atoms with van der Waals surface area (Å²) < 4.78 is 0. The molecule has 0 saturated carbocycles. The van der Waals surface area contributed by atoms with Crippen LogP contribution in [0.1, 0.15) is 37.8 Å². The number of benzene rings is 3. The molecule has 0 aromatic heterocycles. The Kier molecular flexibility index (Phi) is 9.77. The van der Waals surface area contributed by atoms with Crippen LogP contribution in [0, 0.1) is 5.92 Å². The molecule has 1 fully saturated rings. The first-order chi connectivity index (χ1) is 20.4. The van der Waals surface area contributed by atoms with E-state index >= 15 is 0 Å². The topological polar surface area (TPSA) is 80.8 Å². The van der Waals surface area contributed by atoms with Crippen molar-refractivity contribution >= 4 is 63.4 Å². The summed E-state index contributed by atoms with van der Waals surface area (Å²) in [7, 11) is 0. The minimum atomic E-state index is -0.190. The minimum Gasteiger partial charge on any atom is -0.364 e. The highest BCUT2D eigenvalue weighted by Gasteiger charge is 2.27. The second-order valence-electron chi connectivity index (χ2n) is 10.7. The Hall–Kier alpha value is -3.88. The molecule has 3 aromatic carbocycles. The molecule has 9 heteroatoms. The number of halogens is 1. The fraction of sp³-hybridized carbons (Fsp3) is 0.303. The number of aliphatic imine (C=N–C) groups is 1. The largest absolute Gasteiger partial charge is 0.364 e. The van der Waals surface area contributed by atoms with E-state index in [4.69, 9.17) is 28.8 Å². The highest BCUT2D eigenvalue weighted by atomic mass is 35.5. The van der Waals surface area contributed by atoms with Crippen LogP contribution in [0.3, 0.4) is 0 Å². The van der Waals surface area contributed by atoms with Gasteiger partial charge in [0.2, 0.25) is 5.91 Å². The predicted molar refractivity (Wildman–Crippen MR) is 180 cm³/mol. The summed E-state index contributed by atoms with van der Waals surface area (Å²) in [4.78, 5) is 20.4. The summed E-state index contributed by atoms with van der Waals surface area (Å²) in [5.41, 5.74) is 5.95. The quantitative estimate of drug-likeness (QED) is 0.236. The molecule has 0 radical (unpaired) electrons. The van der Waals surface area contributed by atoms with Crippen molar-refractivity contribution in [2.24, 2.45) is 10.9 Å². The molecule has 1 unspecified atom stereocenters. The number of allylic oxidation sites excluding steroid dienone is 1. The molecule has 4 N–H and O–H groups in total. The summed E-state index contributed by atoms with van der Waals surface area (Å²) in [5, 5.41) is 14.6. The normalized spacial score (nSPS) is 19.0. The number of anilines is 4. The van der Waals surface area contributed by atoms with Gasteiger partial charge < -0.3 is 26.2 Å². The highest BCUT2D eigenvalue weighted by molar-refractivity contribution is 7.80. The second-order valence-corrected chi connectivity index (χ2v) is 11.5. The summed E-state index contributed by atoms with van der Waals surface area (Å²) in [6.07, 6.45) is 4.73. The fourth-order valence-electron chi connectivity index (χ4n) is 5.29. The van der Waals surface area contributed by atoms with E-state index < -0.39 is 0 Å². The zero-order chi connectivity index (χ0) is 29.5. The molecule has 2 heterocycles. The number of nitrogens with zero attached hydrogens (tertiary/aromatic N) is 2. The first kappa shape index (κ1) is 29.6. The van der Waals surface area contributed by atoms with Crippen molar-refractivity contribution in [3.05, 3.63) is 95.0 Å². The lowest BCUT2D eigenvalue weighted by molar-refractivity contribution is -0.120. The third kappa shape index (κ3) is 7.69. The van der Waals surface area contributed by atoms with Gasteiger partial charge in [-0.3, -0.25) is 4.79 Å². The van der Waals surface area contributed by atoms with Crippen molar-refractivity contribution in [2.45, 2.75) is 45.7 Å². The number of hydrogen-bond donors (Lipinski definition) is 4. The number of carbonyl (C=O) groups is 1. The van der Waals surface area contributed by atoms with Crippen LogP contribution in [0.4, 0.5) is 22.7 Å². The van der Waals surface area contributed by atoms with E-state index in [0.29, 0.717) is 16.0 Å². The molecule has 218 valence electrons. The molecule has 4 bridgehead atoms. The number of thiocarbonyl (C=S) groups is 1. The molecule has 1 saturated heterocycles. The van der Waals surface area contributed by atoms with Crippen molar-refractivity contribution in [2.75, 3.05) is 34.4 Å². The molecule has 0 spiro atoms. The summed E-state index contributed by atoms with van der Waals surface area (Å²) in [6, 6.07) is 24.3. The van der Waals surface area contributed by atoms with Gasteiger partial charge in [0.25, 0.3) is 0 Å². The van der Waals surface area contributed by atoms with Crippen molar-refractivity contribution in [1.29, 1.82) is 0 Å². The number of amides is 1. The van der Waals surface area contributed by atoms with Crippen LogP contribution in [0.2, 0.25) is 0 Å². The zero-order valence-electron chi connectivity index (χ0n) is 24.0. The molecule has 42 heavy (non-hydrogen) atoms. The lowest BCUT2D eigenvalue weighted by atomic mass is 9.95. The number of amidine groups is 1. The van der Waals surface area contributed by atoms with Crippen molar-refractivity contribution in [1.82, 2.24) is 4.90 Å². The molecule has 7 nitrogen and oxygen atoms in total. The first-order valence-corrected chi connectivity index (χ1v) is 15.2. The Balaban J connectivity index is 1.30. The predicted octanol–water partition coefficient (Wildman–Crippen LogP) is 7.24. The van der Waals surface area contributed by atoms with Crippen LogP contribution < -0.4 is 21.3 Å². The maximum atomic E-state index is 13.4. The lowest BCUT2D eigenvalue weighted by Crippen LogP contribution is -2.43. The van der Waals surface area contributed by atoms with Crippen LogP contribution >= 0.6 is 23.8 Å². The van der Waals surface area contributed by atoms with Crippen LogP contribution in [-0.4, -0.2) is 41.0 Å². The van der Waals surface area contributed by atoms with E-state index in [1.807, 2.05) is 68.5 Å². The van der Waals surface area contributed by atoms with E-state index in [1.165, 1.54) is 5.56 Å². The molecule has 2 aliphatic rings. The number of fused-ring (bicyclic) bond motifs is 4. The molecule has 1 amide bonds. The smallest absolute Gasteiger partial charge is 0.227 e. The number of para-hydroxylation sites is 1. The molecular formula is C33H37ClN6OS. The Morgan fingerprint density at radius 2 is 1.79 bits per heavy atom. The van der Waals surface area contributed by atoms with Gasteiger partial charge in [-0.1, -0.05) is 48.0 Å². The SMILES string of the molecule is C/C=C(Cl)\C1=N/C(C)Nc2cccc(c2)CCc2cc(ccc2NC(=O)C2CCN(C(=S)Nc3ccccc3)CC2)N1.